The van der Waals surface area contributed by atoms with E-state index in [-0.39, 0.29) is 5.41 Å². The Labute approximate surface area is 97.9 Å². The van der Waals surface area contributed by atoms with Crippen LogP contribution >= 0.6 is 0 Å². The Balaban J connectivity index is 2.49. The lowest BCUT2D eigenvalue weighted by atomic mass is 9.87. The Bertz CT molecular complexity index is 342. The molecule has 2 nitrogen and oxygen atoms in total. The first-order valence-electron chi connectivity index (χ1n) is 5.70. The molecule has 85 valence electrons. The summed E-state index contributed by atoms with van der Waals surface area (Å²) in [5.41, 5.74) is -0.379. The third kappa shape index (κ3) is 3.94. The molecule has 0 N–H and O–H groups in total. The largest absolute Gasteiger partial charge is 0.492 e. The van der Waals surface area contributed by atoms with E-state index in [1.54, 1.807) is 0 Å². The molecule has 1 aromatic rings. The van der Waals surface area contributed by atoms with E-state index in [0.29, 0.717) is 6.61 Å². The summed E-state index contributed by atoms with van der Waals surface area (Å²) in [6.07, 6.45) is 3.06. The van der Waals surface area contributed by atoms with E-state index in [1.807, 2.05) is 31.2 Å². The normalized spacial score (nSPS) is 13.8. The van der Waals surface area contributed by atoms with Crippen molar-refractivity contribution in [2.24, 2.45) is 5.41 Å². The molecule has 1 aromatic carbocycles. The minimum Gasteiger partial charge on any atom is -0.492 e. The van der Waals surface area contributed by atoms with Crippen molar-refractivity contribution >= 4 is 0 Å². The van der Waals surface area contributed by atoms with Gasteiger partial charge in [0.25, 0.3) is 0 Å². The van der Waals surface area contributed by atoms with Gasteiger partial charge in [-0.2, -0.15) is 5.26 Å². The second-order valence-corrected chi connectivity index (χ2v) is 4.30. The number of rotatable bonds is 6. The van der Waals surface area contributed by atoms with Gasteiger partial charge in [-0.3, -0.25) is 0 Å². The van der Waals surface area contributed by atoms with Gasteiger partial charge in [0.1, 0.15) is 12.4 Å². The van der Waals surface area contributed by atoms with E-state index in [2.05, 4.69) is 19.1 Å². The number of ether oxygens (including phenoxy) is 1. The van der Waals surface area contributed by atoms with E-state index >= 15 is 0 Å². The number of nitriles is 1. The summed E-state index contributed by atoms with van der Waals surface area (Å²) >= 11 is 0. The van der Waals surface area contributed by atoms with Crippen molar-refractivity contribution in [2.45, 2.75) is 33.1 Å². The average Bonchev–Trinajstić information content (AvgIpc) is 2.35. The van der Waals surface area contributed by atoms with Crippen LogP contribution in [-0.2, 0) is 0 Å². The van der Waals surface area contributed by atoms with Gasteiger partial charge in [0.05, 0.1) is 11.5 Å². The van der Waals surface area contributed by atoms with Gasteiger partial charge >= 0.3 is 0 Å². The Morgan fingerprint density at radius 2 is 2.12 bits per heavy atom. The highest BCUT2D eigenvalue weighted by molar-refractivity contribution is 5.20. The molecule has 0 aromatic heterocycles. The van der Waals surface area contributed by atoms with Crippen LogP contribution in [0.4, 0.5) is 0 Å². The summed E-state index contributed by atoms with van der Waals surface area (Å²) < 4.78 is 5.62. The predicted octanol–water partition coefficient (Wildman–Crippen LogP) is 3.59. The van der Waals surface area contributed by atoms with Crippen molar-refractivity contribution in [2.75, 3.05) is 6.61 Å². The molecule has 0 bridgehead atoms. The van der Waals surface area contributed by atoms with Crippen LogP contribution < -0.4 is 4.74 Å². The van der Waals surface area contributed by atoms with Crippen molar-refractivity contribution in [1.82, 2.24) is 0 Å². The Morgan fingerprint density at radius 3 is 2.69 bits per heavy atom. The van der Waals surface area contributed by atoms with Crippen LogP contribution in [0.1, 0.15) is 33.1 Å². The number of hydrogen-bond acceptors (Lipinski definition) is 2. The van der Waals surface area contributed by atoms with Crippen molar-refractivity contribution in [3.63, 3.8) is 0 Å². The zero-order valence-electron chi connectivity index (χ0n) is 9.99. The maximum atomic E-state index is 9.15. The lowest BCUT2D eigenvalue weighted by molar-refractivity contribution is 0.199. The van der Waals surface area contributed by atoms with Crippen LogP contribution in [0.15, 0.2) is 24.3 Å². The fourth-order valence-electron chi connectivity index (χ4n) is 1.44. The van der Waals surface area contributed by atoms with E-state index in [4.69, 9.17) is 10.00 Å². The van der Waals surface area contributed by atoms with Crippen molar-refractivity contribution < 1.29 is 4.74 Å². The molecule has 0 aliphatic rings. The second-order valence-electron chi connectivity index (χ2n) is 4.30. The first kappa shape index (κ1) is 12.6. The topological polar surface area (TPSA) is 33.0 Å². The molecule has 0 amide bonds. The number of unbranched alkanes of at least 4 members (excludes halogenated alkanes) is 1. The lowest BCUT2D eigenvalue weighted by Crippen LogP contribution is -2.23. The summed E-state index contributed by atoms with van der Waals surface area (Å²) in [4.78, 5) is 0. The van der Waals surface area contributed by atoms with Crippen LogP contribution in [0.3, 0.4) is 0 Å². The molecule has 1 radical (unpaired) electrons. The lowest BCUT2D eigenvalue weighted by Gasteiger charge is -2.21. The minimum atomic E-state index is -0.379. The zero-order chi connectivity index (χ0) is 11.9. The standard InChI is InChI=1S/C14H18NO/c1-3-4-10-14(2,11-15)12-16-13-8-6-5-7-9-13/h6-9H,3-4,10,12H2,1-2H3. The molecule has 0 spiro atoms. The first-order valence-corrected chi connectivity index (χ1v) is 5.70. The highest BCUT2D eigenvalue weighted by Gasteiger charge is 2.24. The highest BCUT2D eigenvalue weighted by Crippen LogP contribution is 2.24. The molecular weight excluding hydrogens is 198 g/mol. The molecular formula is C14H18NO. The van der Waals surface area contributed by atoms with Crippen LogP contribution in [0, 0.1) is 22.8 Å². The van der Waals surface area contributed by atoms with Crippen molar-refractivity contribution in [1.29, 1.82) is 5.26 Å². The van der Waals surface area contributed by atoms with E-state index in [0.717, 1.165) is 25.0 Å². The van der Waals surface area contributed by atoms with Crippen molar-refractivity contribution in [3.05, 3.63) is 30.3 Å². The molecule has 0 saturated heterocycles. The smallest absolute Gasteiger partial charge is 0.119 e. The van der Waals surface area contributed by atoms with Crippen LogP contribution in [0.25, 0.3) is 0 Å². The maximum Gasteiger partial charge on any atom is 0.119 e. The summed E-state index contributed by atoms with van der Waals surface area (Å²) in [6.45, 7) is 4.54. The van der Waals surface area contributed by atoms with Crippen LogP contribution in [0.2, 0.25) is 0 Å². The van der Waals surface area contributed by atoms with E-state index in [9.17, 15) is 0 Å². The van der Waals surface area contributed by atoms with E-state index in [1.165, 1.54) is 0 Å². The summed E-state index contributed by atoms with van der Waals surface area (Å²) in [6, 6.07) is 12.6. The summed E-state index contributed by atoms with van der Waals surface area (Å²) in [5.74, 6) is 0.803. The van der Waals surface area contributed by atoms with Gasteiger partial charge in [-0.05, 0) is 31.5 Å². The van der Waals surface area contributed by atoms with Gasteiger partial charge in [0.15, 0.2) is 0 Å². The highest BCUT2D eigenvalue weighted by atomic mass is 16.5. The Kier molecular flexibility index (Phi) is 4.85. The Morgan fingerprint density at radius 1 is 1.44 bits per heavy atom. The monoisotopic (exact) mass is 216 g/mol. The maximum absolute atomic E-state index is 9.15. The Hall–Kier alpha value is -1.49. The fourth-order valence-corrected chi connectivity index (χ4v) is 1.44. The molecule has 1 unspecified atom stereocenters. The van der Waals surface area contributed by atoms with Crippen LogP contribution in [-0.4, -0.2) is 6.61 Å². The number of benzene rings is 1. The number of nitrogens with zero attached hydrogens (tertiary/aromatic N) is 1. The van der Waals surface area contributed by atoms with Gasteiger partial charge in [0, 0.05) is 0 Å². The van der Waals surface area contributed by atoms with Gasteiger partial charge in [-0.15, -0.1) is 0 Å². The molecule has 2 heteroatoms. The zero-order valence-corrected chi connectivity index (χ0v) is 9.99. The fraction of sp³-hybridized carbons (Fsp3) is 0.500. The number of hydrogen-bond donors (Lipinski definition) is 0. The molecule has 1 atom stereocenters. The molecule has 0 aliphatic heterocycles. The molecule has 1 rings (SSSR count). The predicted molar refractivity (Wildman–Crippen MR) is 64.0 cm³/mol. The minimum absolute atomic E-state index is 0.379. The van der Waals surface area contributed by atoms with Gasteiger partial charge in [-0.25, -0.2) is 0 Å². The SMILES string of the molecule is CCCCC(C)(C#N)COc1cc[c]cc1. The van der Waals surface area contributed by atoms with Crippen molar-refractivity contribution in [3.8, 4) is 11.8 Å². The molecule has 0 heterocycles. The van der Waals surface area contributed by atoms with Gasteiger partial charge in [-0.1, -0.05) is 31.9 Å². The molecule has 0 fully saturated rings. The summed E-state index contributed by atoms with van der Waals surface area (Å²) in [7, 11) is 0. The molecule has 0 aliphatic carbocycles. The molecule has 16 heavy (non-hydrogen) atoms. The third-order valence-corrected chi connectivity index (χ3v) is 2.60. The van der Waals surface area contributed by atoms with Gasteiger partial charge < -0.3 is 4.74 Å². The second kappa shape index (κ2) is 6.17. The first-order chi connectivity index (χ1) is 7.70. The molecule has 0 saturated carbocycles. The quantitative estimate of drug-likeness (QED) is 0.728. The van der Waals surface area contributed by atoms with Crippen LogP contribution in [0.5, 0.6) is 5.75 Å². The summed E-state index contributed by atoms with van der Waals surface area (Å²) in [5, 5.41) is 9.15. The van der Waals surface area contributed by atoms with E-state index < -0.39 is 0 Å². The average molecular weight is 216 g/mol. The van der Waals surface area contributed by atoms with Gasteiger partial charge in [0.2, 0.25) is 0 Å². The third-order valence-electron chi connectivity index (χ3n) is 2.60.